The van der Waals surface area contributed by atoms with Crippen molar-refractivity contribution in [1.82, 2.24) is 5.32 Å². The van der Waals surface area contributed by atoms with Gasteiger partial charge in [-0.2, -0.15) is 0 Å². The van der Waals surface area contributed by atoms with Gasteiger partial charge in [-0.15, -0.1) is 0 Å². The number of amides is 1. The van der Waals surface area contributed by atoms with E-state index >= 15 is 0 Å². The smallest absolute Gasteiger partial charge is 0.410 e. The number of nitrogens with zero attached hydrogens (tertiary/aromatic N) is 1. The Morgan fingerprint density at radius 1 is 1.61 bits per heavy atom. The predicted molar refractivity (Wildman–Crippen MR) is 87.1 cm³/mol. The predicted octanol–water partition coefficient (Wildman–Crippen LogP) is 2.40. The van der Waals surface area contributed by atoms with Crippen molar-refractivity contribution in [3.8, 4) is 0 Å². The van der Waals surface area contributed by atoms with E-state index in [0.29, 0.717) is 30.0 Å². The number of benzene rings is 1. The number of anilines is 1. The summed E-state index contributed by atoms with van der Waals surface area (Å²) < 4.78 is 20.2. The van der Waals surface area contributed by atoms with Crippen LogP contribution >= 0.6 is 11.8 Å². The molecule has 8 heteroatoms. The number of carboxylic acid groups (broad SMARTS) is 1. The summed E-state index contributed by atoms with van der Waals surface area (Å²) in [5.74, 6) is 0.148. The molecule has 3 atom stereocenters. The minimum Gasteiger partial charge on any atom is -0.465 e. The number of aliphatic imine (C=N–C) groups is 1. The van der Waals surface area contributed by atoms with Crippen LogP contribution in [0.5, 0.6) is 0 Å². The van der Waals surface area contributed by atoms with Gasteiger partial charge in [0.15, 0.2) is 5.17 Å². The second-order valence-electron chi connectivity index (χ2n) is 5.75. The van der Waals surface area contributed by atoms with Gasteiger partial charge in [0.05, 0.1) is 11.6 Å². The highest BCUT2D eigenvalue weighted by molar-refractivity contribution is 8.13. The summed E-state index contributed by atoms with van der Waals surface area (Å²) >= 11 is 1.31. The zero-order valence-corrected chi connectivity index (χ0v) is 13.4. The third-order valence-electron chi connectivity index (χ3n) is 4.42. The Morgan fingerprint density at radius 2 is 2.39 bits per heavy atom. The quantitative estimate of drug-likeness (QED) is 0.683. The molecular formula is C15H18FN3O3S. The molecule has 0 aliphatic carbocycles. The van der Waals surface area contributed by atoms with Gasteiger partial charge in [0, 0.05) is 35.9 Å². The number of amidine groups is 1. The molecule has 124 valence electrons. The van der Waals surface area contributed by atoms with Crippen molar-refractivity contribution >= 4 is 28.7 Å². The van der Waals surface area contributed by atoms with Crippen LogP contribution < -0.4 is 11.1 Å². The summed E-state index contributed by atoms with van der Waals surface area (Å²) in [5, 5.41) is 11.5. The number of thioether (sulfide) groups is 1. The van der Waals surface area contributed by atoms with E-state index in [0.717, 1.165) is 0 Å². The molecule has 0 aromatic heterocycles. The van der Waals surface area contributed by atoms with Gasteiger partial charge in [-0.25, -0.2) is 9.18 Å². The Bertz CT molecular complexity index is 669. The molecule has 0 saturated carbocycles. The molecule has 1 aromatic carbocycles. The monoisotopic (exact) mass is 339 g/mol. The van der Waals surface area contributed by atoms with Gasteiger partial charge < -0.3 is 15.6 Å². The molecule has 0 radical (unpaired) electrons. The number of ether oxygens (including phenoxy) is 1. The van der Waals surface area contributed by atoms with E-state index in [1.807, 2.05) is 6.92 Å². The SMILES string of the molecule is C[C@H]1OCC[C@]2(c3cc(N)ccc3F)N=C(NC(=O)O)SC[C@H]12. The van der Waals surface area contributed by atoms with Gasteiger partial charge in [-0.3, -0.25) is 10.3 Å². The van der Waals surface area contributed by atoms with Crippen LogP contribution in [-0.2, 0) is 10.3 Å². The lowest BCUT2D eigenvalue weighted by Crippen LogP contribution is -2.51. The standard InChI is InChI=1S/C15H18FN3O3S/c1-8-11-7-23-13(18-14(20)21)19-15(11,4-5-22-8)10-6-9(17)2-3-12(10)16/h2-3,6,8,11H,4-5,7,17H2,1H3,(H,18,19)(H,20,21)/t8-,11-,15-/m1/s1. The highest BCUT2D eigenvalue weighted by Crippen LogP contribution is 2.48. The summed E-state index contributed by atoms with van der Waals surface area (Å²) in [4.78, 5) is 15.5. The molecule has 3 rings (SSSR count). The maximum absolute atomic E-state index is 14.5. The van der Waals surface area contributed by atoms with E-state index in [2.05, 4.69) is 10.3 Å². The summed E-state index contributed by atoms with van der Waals surface area (Å²) in [6.07, 6.45) is -0.807. The van der Waals surface area contributed by atoms with Gasteiger partial charge in [-0.1, -0.05) is 11.8 Å². The lowest BCUT2D eigenvalue weighted by Gasteiger charge is -2.47. The minimum absolute atomic E-state index is 0.0584. The summed E-state index contributed by atoms with van der Waals surface area (Å²) in [6.45, 7) is 2.37. The first kappa shape index (κ1) is 16.1. The Labute approximate surface area is 137 Å². The number of hydrogen-bond acceptors (Lipinski definition) is 5. The molecule has 6 nitrogen and oxygen atoms in total. The number of hydrogen-bond donors (Lipinski definition) is 3. The average Bonchev–Trinajstić information content (AvgIpc) is 2.49. The number of nitrogens with two attached hydrogens (primary N) is 1. The largest absolute Gasteiger partial charge is 0.465 e. The first-order valence-corrected chi connectivity index (χ1v) is 8.30. The Balaban J connectivity index is 2.14. The normalized spacial score (nSPS) is 30.3. The van der Waals surface area contributed by atoms with Gasteiger partial charge in [-0.05, 0) is 25.1 Å². The van der Waals surface area contributed by atoms with Crippen molar-refractivity contribution in [2.45, 2.75) is 25.0 Å². The minimum atomic E-state index is -1.18. The van der Waals surface area contributed by atoms with Crippen LogP contribution in [0.1, 0.15) is 18.9 Å². The summed E-state index contributed by atoms with van der Waals surface area (Å²) in [6, 6.07) is 4.43. The van der Waals surface area contributed by atoms with Crippen LogP contribution in [-0.4, -0.2) is 34.8 Å². The lowest BCUT2D eigenvalue weighted by molar-refractivity contribution is -0.0514. The number of carbonyl (C=O) groups is 1. The topological polar surface area (TPSA) is 96.9 Å². The first-order valence-electron chi connectivity index (χ1n) is 7.32. The molecule has 2 heterocycles. The fourth-order valence-corrected chi connectivity index (χ4v) is 4.58. The van der Waals surface area contributed by atoms with E-state index in [1.165, 1.54) is 23.9 Å². The van der Waals surface area contributed by atoms with Gasteiger partial charge in [0.1, 0.15) is 5.82 Å². The molecule has 4 N–H and O–H groups in total. The van der Waals surface area contributed by atoms with Crippen LogP contribution in [0.3, 0.4) is 0 Å². The van der Waals surface area contributed by atoms with E-state index < -0.39 is 11.6 Å². The first-order chi connectivity index (χ1) is 10.9. The molecule has 1 aromatic rings. The van der Waals surface area contributed by atoms with Crippen molar-refractivity contribution in [3.05, 3.63) is 29.6 Å². The van der Waals surface area contributed by atoms with Crippen LogP contribution in [0.25, 0.3) is 0 Å². The van der Waals surface area contributed by atoms with Crippen molar-refractivity contribution in [1.29, 1.82) is 0 Å². The summed E-state index contributed by atoms with van der Waals surface area (Å²) in [5.41, 5.74) is 5.84. The zero-order valence-electron chi connectivity index (χ0n) is 12.6. The second-order valence-corrected chi connectivity index (χ2v) is 6.76. The highest BCUT2D eigenvalue weighted by atomic mass is 32.2. The maximum atomic E-state index is 14.5. The third-order valence-corrected chi connectivity index (χ3v) is 5.41. The maximum Gasteiger partial charge on any atom is 0.410 e. The van der Waals surface area contributed by atoms with Gasteiger partial charge in [0.2, 0.25) is 0 Å². The highest BCUT2D eigenvalue weighted by Gasteiger charge is 2.50. The van der Waals surface area contributed by atoms with Crippen molar-refractivity contribution < 1.29 is 19.0 Å². The molecule has 2 aliphatic rings. The Hall–Kier alpha value is -1.80. The van der Waals surface area contributed by atoms with Crippen molar-refractivity contribution in [3.63, 3.8) is 0 Å². The molecule has 1 fully saturated rings. The number of nitrogen functional groups attached to an aromatic ring is 1. The molecule has 2 aliphatic heterocycles. The summed E-state index contributed by atoms with van der Waals surface area (Å²) in [7, 11) is 0. The van der Waals surface area contributed by atoms with Crippen LogP contribution in [0.15, 0.2) is 23.2 Å². The molecule has 0 unspecified atom stereocenters. The van der Waals surface area contributed by atoms with Crippen LogP contribution in [0.2, 0.25) is 0 Å². The Morgan fingerprint density at radius 3 is 3.13 bits per heavy atom. The molecule has 1 amide bonds. The molecule has 0 bridgehead atoms. The molecule has 1 saturated heterocycles. The van der Waals surface area contributed by atoms with E-state index in [9.17, 15) is 9.18 Å². The zero-order chi connectivity index (χ0) is 16.6. The van der Waals surface area contributed by atoms with Gasteiger partial charge in [0.25, 0.3) is 0 Å². The van der Waals surface area contributed by atoms with E-state index in [-0.39, 0.29) is 23.0 Å². The lowest BCUT2D eigenvalue weighted by atomic mass is 9.72. The average molecular weight is 339 g/mol. The van der Waals surface area contributed by atoms with Gasteiger partial charge >= 0.3 is 6.09 Å². The fourth-order valence-electron chi connectivity index (χ4n) is 3.31. The van der Waals surface area contributed by atoms with E-state index in [1.54, 1.807) is 6.07 Å². The second kappa shape index (κ2) is 6.01. The van der Waals surface area contributed by atoms with Crippen LogP contribution in [0, 0.1) is 11.7 Å². The molecular weight excluding hydrogens is 321 g/mol. The number of fused-ring (bicyclic) bond motifs is 1. The molecule has 23 heavy (non-hydrogen) atoms. The number of rotatable bonds is 1. The molecule has 0 spiro atoms. The third kappa shape index (κ3) is 2.88. The Kier molecular flexibility index (Phi) is 4.20. The van der Waals surface area contributed by atoms with Crippen molar-refractivity contribution in [2.24, 2.45) is 10.9 Å². The fraction of sp³-hybridized carbons (Fsp3) is 0.467. The number of halogens is 1. The van der Waals surface area contributed by atoms with E-state index in [4.69, 9.17) is 15.6 Å². The van der Waals surface area contributed by atoms with Crippen LogP contribution in [0.4, 0.5) is 14.9 Å². The van der Waals surface area contributed by atoms with Crippen molar-refractivity contribution in [2.75, 3.05) is 18.1 Å². The number of nitrogens with one attached hydrogen (secondary N) is 1.